The third-order valence-corrected chi connectivity index (χ3v) is 3.40. The van der Waals surface area contributed by atoms with E-state index in [-0.39, 0.29) is 5.82 Å². The normalized spacial score (nSPS) is 11.2. The van der Waals surface area contributed by atoms with Crippen LogP contribution in [-0.4, -0.2) is 21.1 Å². The summed E-state index contributed by atoms with van der Waals surface area (Å²) in [6.07, 6.45) is 1.55. The van der Waals surface area contributed by atoms with Crippen molar-refractivity contribution in [2.75, 3.05) is 0 Å². The van der Waals surface area contributed by atoms with Gasteiger partial charge in [0.25, 0.3) is 0 Å². The SMILES string of the molecule is Cc1ccc(-c2n[nH]c(=S)n2N=Cc2cccc(F)c2)cc1. The molecule has 0 aliphatic heterocycles. The van der Waals surface area contributed by atoms with Crippen molar-refractivity contribution in [2.45, 2.75) is 6.92 Å². The lowest BCUT2D eigenvalue weighted by molar-refractivity contribution is 0.627. The molecular formula is C16H13FN4S. The van der Waals surface area contributed by atoms with E-state index in [0.29, 0.717) is 16.2 Å². The molecular weight excluding hydrogens is 299 g/mol. The Kier molecular flexibility index (Phi) is 3.93. The maximum atomic E-state index is 13.2. The molecule has 0 radical (unpaired) electrons. The largest absolute Gasteiger partial charge is 0.250 e. The Bertz CT molecular complexity index is 878. The number of hydrogen-bond acceptors (Lipinski definition) is 3. The Morgan fingerprint density at radius 2 is 2.00 bits per heavy atom. The van der Waals surface area contributed by atoms with Crippen molar-refractivity contribution < 1.29 is 4.39 Å². The van der Waals surface area contributed by atoms with Crippen LogP contribution in [0.4, 0.5) is 4.39 Å². The molecule has 0 saturated carbocycles. The monoisotopic (exact) mass is 312 g/mol. The Hall–Kier alpha value is -2.60. The molecule has 6 heteroatoms. The van der Waals surface area contributed by atoms with E-state index in [1.54, 1.807) is 18.3 Å². The molecule has 0 saturated heterocycles. The Balaban J connectivity index is 1.99. The van der Waals surface area contributed by atoms with Crippen molar-refractivity contribution in [3.05, 3.63) is 70.2 Å². The molecule has 110 valence electrons. The molecule has 0 bridgehead atoms. The van der Waals surface area contributed by atoms with Crippen molar-refractivity contribution in [3.8, 4) is 11.4 Å². The number of aromatic nitrogens is 3. The van der Waals surface area contributed by atoms with Crippen LogP contribution >= 0.6 is 12.2 Å². The van der Waals surface area contributed by atoms with Crippen LogP contribution in [0.15, 0.2) is 53.6 Å². The highest BCUT2D eigenvalue weighted by Gasteiger charge is 2.07. The number of aromatic amines is 1. The van der Waals surface area contributed by atoms with Gasteiger partial charge in [0.2, 0.25) is 4.77 Å². The fourth-order valence-electron chi connectivity index (χ4n) is 2.00. The van der Waals surface area contributed by atoms with Gasteiger partial charge >= 0.3 is 0 Å². The van der Waals surface area contributed by atoms with E-state index in [1.165, 1.54) is 16.8 Å². The minimum Gasteiger partial charge on any atom is -0.250 e. The summed E-state index contributed by atoms with van der Waals surface area (Å²) in [4.78, 5) is 0. The highest BCUT2D eigenvalue weighted by atomic mass is 32.1. The van der Waals surface area contributed by atoms with Crippen LogP contribution in [0.3, 0.4) is 0 Å². The molecule has 1 N–H and O–H groups in total. The molecule has 0 aliphatic rings. The summed E-state index contributed by atoms with van der Waals surface area (Å²) < 4.78 is 15.1. The van der Waals surface area contributed by atoms with Gasteiger partial charge in [0.05, 0.1) is 6.21 Å². The summed E-state index contributed by atoms with van der Waals surface area (Å²) in [7, 11) is 0. The van der Waals surface area contributed by atoms with Crippen LogP contribution in [0.2, 0.25) is 0 Å². The standard InChI is InChI=1S/C16H13FN4S/c1-11-5-7-13(8-6-11)15-19-20-16(22)21(15)18-10-12-3-2-4-14(17)9-12/h2-10H,1H3,(H,20,22). The van der Waals surface area contributed by atoms with E-state index >= 15 is 0 Å². The minimum atomic E-state index is -0.307. The van der Waals surface area contributed by atoms with Crippen LogP contribution < -0.4 is 0 Å². The number of halogens is 1. The second kappa shape index (κ2) is 6.03. The lowest BCUT2D eigenvalue weighted by Gasteiger charge is -2.01. The van der Waals surface area contributed by atoms with Crippen LogP contribution in [0.25, 0.3) is 11.4 Å². The van der Waals surface area contributed by atoms with Gasteiger partial charge in [-0.3, -0.25) is 0 Å². The molecule has 0 amide bonds. The quantitative estimate of drug-likeness (QED) is 0.588. The van der Waals surface area contributed by atoms with E-state index in [9.17, 15) is 4.39 Å². The molecule has 3 aromatic rings. The van der Waals surface area contributed by atoms with E-state index in [2.05, 4.69) is 15.3 Å². The number of hydrogen-bond donors (Lipinski definition) is 1. The van der Waals surface area contributed by atoms with E-state index in [4.69, 9.17) is 12.2 Å². The van der Waals surface area contributed by atoms with Crippen LogP contribution in [0, 0.1) is 17.5 Å². The molecule has 4 nitrogen and oxygen atoms in total. The molecule has 1 heterocycles. The molecule has 2 aromatic carbocycles. The van der Waals surface area contributed by atoms with Gasteiger partial charge in [-0.2, -0.15) is 14.9 Å². The van der Waals surface area contributed by atoms with Crippen molar-refractivity contribution >= 4 is 18.4 Å². The number of aryl methyl sites for hydroxylation is 1. The molecule has 0 aliphatic carbocycles. The zero-order valence-corrected chi connectivity index (χ0v) is 12.6. The first kappa shape index (κ1) is 14.3. The molecule has 1 aromatic heterocycles. The van der Waals surface area contributed by atoms with E-state index < -0.39 is 0 Å². The summed E-state index contributed by atoms with van der Waals surface area (Å²) in [6.45, 7) is 2.02. The third kappa shape index (κ3) is 3.01. The average molecular weight is 312 g/mol. The molecule has 3 rings (SSSR count). The molecule has 22 heavy (non-hydrogen) atoms. The van der Waals surface area contributed by atoms with E-state index in [1.807, 2.05) is 31.2 Å². The summed E-state index contributed by atoms with van der Waals surface area (Å²) >= 11 is 5.20. The summed E-state index contributed by atoms with van der Waals surface area (Å²) in [5.74, 6) is 0.302. The van der Waals surface area contributed by atoms with Crippen molar-refractivity contribution in [2.24, 2.45) is 5.10 Å². The van der Waals surface area contributed by atoms with Gasteiger partial charge in [-0.15, -0.1) is 0 Å². The number of nitrogens with one attached hydrogen (secondary N) is 1. The van der Waals surface area contributed by atoms with Gasteiger partial charge in [0.15, 0.2) is 5.82 Å². The number of benzene rings is 2. The third-order valence-electron chi connectivity index (χ3n) is 3.13. The summed E-state index contributed by atoms with van der Waals surface area (Å²) in [6, 6.07) is 14.1. The Morgan fingerprint density at radius 3 is 2.73 bits per heavy atom. The van der Waals surface area contributed by atoms with Crippen molar-refractivity contribution in [1.29, 1.82) is 0 Å². The molecule has 0 unspecified atom stereocenters. The number of rotatable bonds is 3. The smallest absolute Gasteiger partial charge is 0.216 e. The van der Waals surface area contributed by atoms with Gasteiger partial charge in [-0.05, 0) is 36.8 Å². The number of nitrogens with zero attached hydrogens (tertiary/aromatic N) is 3. The van der Waals surface area contributed by atoms with Gasteiger partial charge in [-0.25, -0.2) is 9.49 Å². The molecule has 0 spiro atoms. The maximum Gasteiger partial charge on any atom is 0.216 e. The van der Waals surface area contributed by atoms with E-state index in [0.717, 1.165) is 11.1 Å². The zero-order valence-electron chi connectivity index (χ0n) is 11.8. The predicted molar refractivity (Wildman–Crippen MR) is 87.0 cm³/mol. The molecule has 0 atom stereocenters. The first-order chi connectivity index (χ1) is 10.6. The lowest BCUT2D eigenvalue weighted by atomic mass is 10.1. The Morgan fingerprint density at radius 1 is 1.23 bits per heavy atom. The van der Waals surface area contributed by atoms with Crippen molar-refractivity contribution in [3.63, 3.8) is 0 Å². The number of H-pyrrole nitrogens is 1. The second-order valence-corrected chi connectivity index (χ2v) is 5.22. The van der Waals surface area contributed by atoms with Crippen LogP contribution in [-0.2, 0) is 0 Å². The minimum absolute atomic E-state index is 0.307. The first-order valence-corrected chi connectivity index (χ1v) is 7.09. The lowest BCUT2D eigenvalue weighted by Crippen LogP contribution is -1.95. The zero-order chi connectivity index (χ0) is 15.5. The Labute approximate surface area is 131 Å². The first-order valence-electron chi connectivity index (χ1n) is 6.68. The van der Waals surface area contributed by atoms with Gasteiger partial charge in [-0.1, -0.05) is 42.0 Å². The van der Waals surface area contributed by atoms with Gasteiger partial charge in [0.1, 0.15) is 5.82 Å². The fraction of sp³-hybridized carbons (Fsp3) is 0.0625. The highest BCUT2D eigenvalue weighted by Crippen LogP contribution is 2.17. The highest BCUT2D eigenvalue weighted by molar-refractivity contribution is 7.71. The van der Waals surface area contributed by atoms with Gasteiger partial charge in [0, 0.05) is 5.56 Å². The average Bonchev–Trinajstić information content (AvgIpc) is 2.87. The topological polar surface area (TPSA) is 46.0 Å². The van der Waals surface area contributed by atoms with Crippen LogP contribution in [0.1, 0.15) is 11.1 Å². The predicted octanol–water partition coefficient (Wildman–Crippen LogP) is 3.94. The van der Waals surface area contributed by atoms with Crippen LogP contribution in [0.5, 0.6) is 0 Å². The molecule has 0 fully saturated rings. The van der Waals surface area contributed by atoms with Gasteiger partial charge < -0.3 is 0 Å². The summed E-state index contributed by atoms with van der Waals surface area (Å²) in [5.41, 5.74) is 2.71. The van der Waals surface area contributed by atoms with Crippen molar-refractivity contribution in [1.82, 2.24) is 14.9 Å². The maximum absolute atomic E-state index is 13.2. The fourth-order valence-corrected chi connectivity index (χ4v) is 2.18. The summed E-state index contributed by atoms with van der Waals surface area (Å²) in [5, 5.41) is 11.2. The second-order valence-electron chi connectivity index (χ2n) is 4.83.